The van der Waals surface area contributed by atoms with Gasteiger partial charge < -0.3 is 14.4 Å². The lowest BCUT2D eigenvalue weighted by atomic mass is 10.1. The van der Waals surface area contributed by atoms with Gasteiger partial charge in [0.15, 0.2) is 5.82 Å². The molecule has 1 aliphatic rings. The average Bonchev–Trinajstić information content (AvgIpc) is 3.07. The fourth-order valence-corrected chi connectivity index (χ4v) is 2.57. The highest BCUT2D eigenvalue weighted by atomic mass is 16.5. The van der Waals surface area contributed by atoms with Gasteiger partial charge >= 0.3 is 0 Å². The van der Waals surface area contributed by atoms with Crippen LogP contribution in [0.15, 0.2) is 23.0 Å². The molecule has 2 aromatic heterocycles. The summed E-state index contributed by atoms with van der Waals surface area (Å²) in [5, 5.41) is 7.65. The normalized spacial score (nSPS) is 16.3. The van der Waals surface area contributed by atoms with E-state index in [-0.39, 0.29) is 0 Å². The van der Waals surface area contributed by atoms with E-state index in [1.54, 1.807) is 0 Å². The van der Waals surface area contributed by atoms with E-state index >= 15 is 0 Å². The van der Waals surface area contributed by atoms with Crippen LogP contribution in [0.1, 0.15) is 68.8 Å². The second-order valence-electron chi connectivity index (χ2n) is 5.86. The van der Waals surface area contributed by atoms with Crippen LogP contribution in [0, 0.1) is 0 Å². The Labute approximate surface area is 125 Å². The minimum atomic E-state index is 0.429. The first-order valence-electron chi connectivity index (χ1n) is 8.01. The molecule has 5 heteroatoms. The predicted molar refractivity (Wildman–Crippen MR) is 81.1 cm³/mol. The SMILES string of the molecule is CCCNC(CC)c1ccn(Cc2noc(C3CC3)n2)c1. The van der Waals surface area contributed by atoms with Gasteiger partial charge in [0.05, 0.1) is 6.54 Å². The van der Waals surface area contributed by atoms with Crippen LogP contribution in [-0.4, -0.2) is 21.3 Å². The van der Waals surface area contributed by atoms with E-state index in [2.05, 4.69) is 52.3 Å². The van der Waals surface area contributed by atoms with Gasteiger partial charge in [-0.05, 0) is 43.9 Å². The zero-order valence-electron chi connectivity index (χ0n) is 12.9. The van der Waals surface area contributed by atoms with Crippen LogP contribution in [0.25, 0.3) is 0 Å². The van der Waals surface area contributed by atoms with Crippen molar-refractivity contribution in [3.63, 3.8) is 0 Å². The second-order valence-corrected chi connectivity index (χ2v) is 5.86. The molecule has 1 N–H and O–H groups in total. The third-order valence-corrected chi connectivity index (χ3v) is 3.96. The number of nitrogens with zero attached hydrogens (tertiary/aromatic N) is 3. The molecule has 1 atom stereocenters. The molecule has 114 valence electrons. The van der Waals surface area contributed by atoms with Crippen LogP contribution >= 0.6 is 0 Å². The van der Waals surface area contributed by atoms with Crippen molar-refractivity contribution in [2.75, 3.05) is 6.54 Å². The van der Waals surface area contributed by atoms with Crippen LogP contribution in [-0.2, 0) is 6.54 Å². The lowest BCUT2D eigenvalue weighted by molar-refractivity contribution is 0.373. The molecule has 2 heterocycles. The lowest BCUT2D eigenvalue weighted by Gasteiger charge is -2.14. The number of hydrogen-bond donors (Lipinski definition) is 1. The standard InChI is InChI=1S/C16H24N4O/c1-3-8-17-14(4-2)13-7-9-20(10-13)11-15-18-16(21-19-15)12-5-6-12/h7,9-10,12,14,17H,3-6,8,11H2,1-2H3. The summed E-state index contributed by atoms with van der Waals surface area (Å²) in [5.74, 6) is 2.11. The van der Waals surface area contributed by atoms with Gasteiger partial charge in [0.2, 0.25) is 5.89 Å². The highest BCUT2D eigenvalue weighted by molar-refractivity contribution is 5.16. The Morgan fingerprint density at radius 3 is 3.00 bits per heavy atom. The van der Waals surface area contributed by atoms with E-state index in [1.807, 2.05) is 0 Å². The van der Waals surface area contributed by atoms with E-state index in [4.69, 9.17) is 4.52 Å². The summed E-state index contributed by atoms with van der Waals surface area (Å²) in [6, 6.07) is 2.61. The van der Waals surface area contributed by atoms with Crippen LogP contribution in [0.2, 0.25) is 0 Å². The maximum atomic E-state index is 5.30. The van der Waals surface area contributed by atoms with E-state index in [0.717, 1.165) is 31.1 Å². The molecule has 0 saturated heterocycles. The van der Waals surface area contributed by atoms with Crippen molar-refractivity contribution in [2.45, 2.75) is 58.0 Å². The highest BCUT2D eigenvalue weighted by Gasteiger charge is 2.29. The number of nitrogens with one attached hydrogen (secondary N) is 1. The third kappa shape index (κ3) is 3.53. The van der Waals surface area contributed by atoms with Gasteiger partial charge in [0, 0.05) is 24.4 Å². The van der Waals surface area contributed by atoms with Gasteiger partial charge in [-0.15, -0.1) is 0 Å². The van der Waals surface area contributed by atoms with Gasteiger partial charge in [0.1, 0.15) is 0 Å². The van der Waals surface area contributed by atoms with Gasteiger partial charge in [-0.1, -0.05) is 19.0 Å². The van der Waals surface area contributed by atoms with E-state index < -0.39 is 0 Å². The Morgan fingerprint density at radius 1 is 1.43 bits per heavy atom. The molecule has 0 aromatic carbocycles. The molecule has 3 rings (SSSR count). The van der Waals surface area contributed by atoms with Gasteiger partial charge in [0.25, 0.3) is 0 Å². The Hall–Kier alpha value is -1.62. The van der Waals surface area contributed by atoms with Gasteiger partial charge in [-0.25, -0.2) is 0 Å². The topological polar surface area (TPSA) is 55.9 Å². The Bertz CT molecular complexity index is 570. The largest absolute Gasteiger partial charge is 0.346 e. The van der Waals surface area contributed by atoms with E-state index in [1.165, 1.54) is 18.4 Å². The van der Waals surface area contributed by atoms with Crippen molar-refractivity contribution in [3.8, 4) is 0 Å². The first-order chi connectivity index (χ1) is 10.3. The predicted octanol–water partition coefficient (Wildman–Crippen LogP) is 3.25. The van der Waals surface area contributed by atoms with E-state index in [0.29, 0.717) is 18.5 Å². The highest BCUT2D eigenvalue weighted by Crippen LogP contribution is 2.38. The molecule has 1 fully saturated rings. The molecule has 1 aliphatic carbocycles. The number of aromatic nitrogens is 3. The van der Waals surface area contributed by atoms with Crippen molar-refractivity contribution < 1.29 is 4.52 Å². The van der Waals surface area contributed by atoms with Crippen LogP contribution in [0.4, 0.5) is 0 Å². The Balaban J connectivity index is 1.63. The summed E-state index contributed by atoms with van der Waals surface area (Å²) in [4.78, 5) is 4.48. The molecule has 21 heavy (non-hydrogen) atoms. The van der Waals surface area contributed by atoms with Gasteiger partial charge in [-0.2, -0.15) is 4.98 Å². The maximum absolute atomic E-state index is 5.30. The fraction of sp³-hybridized carbons (Fsp3) is 0.625. The van der Waals surface area contributed by atoms with Crippen LogP contribution in [0.5, 0.6) is 0 Å². The van der Waals surface area contributed by atoms with Crippen LogP contribution < -0.4 is 5.32 Å². The molecule has 5 nitrogen and oxygen atoms in total. The van der Waals surface area contributed by atoms with Crippen molar-refractivity contribution in [2.24, 2.45) is 0 Å². The molecular formula is C16H24N4O. The summed E-state index contributed by atoms with van der Waals surface area (Å²) < 4.78 is 7.43. The third-order valence-electron chi connectivity index (χ3n) is 3.96. The fourth-order valence-electron chi connectivity index (χ4n) is 2.57. The van der Waals surface area contributed by atoms with E-state index in [9.17, 15) is 0 Å². The molecule has 0 bridgehead atoms. The maximum Gasteiger partial charge on any atom is 0.229 e. The summed E-state index contributed by atoms with van der Waals surface area (Å²) in [6.07, 6.45) is 8.91. The molecule has 1 saturated carbocycles. The van der Waals surface area contributed by atoms with Crippen molar-refractivity contribution >= 4 is 0 Å². The Morgan fingerprint density at radius 2 is 2.29 bits per heavy atom. The summed E-state index contributed by atoms with van der Waals surface area (Å²) >= 11 is 0. The Kier molecular flexibility index (Phi) is 4.39. The minimum absolute atomic E-state index is 0.429. The van der Waals surface area contributed by atoms with Crippen molar-refractivity contribution in [3.05, 3.63) is 35.7 Å². The number of rotatable bonds is 8. The van der Waals surface area contributed by atoms with Crippen molar-refractivity contribution in [1.82, 2.24) is 20.0 Å². The second kappa shape index (κ2) is 6.43. The molecule has 0 spiro atoms. The van der Waals surface area contributed by atoms with Crippen LogP contribution in [0.3, 0.4) is 0 Å². The zero-order chi connectivity index (χ0) is 14.7. The molecule has 2 aromatic rings. The minimum Gasteiger partial charge on any atom is -0.346 e. The lowest BCUT2D eigenvalue weighted by Crippen LogP contribution is -2.21. The summed E-state index contributed by atoms with van der Waals surface area (Å²) in [6.45, 7) is 6.14. The molecule has 0 radical (unpaired) electrons. The number of hydrogen-bond acceptors (Lipinski definition) is 4. The monoisotopic (exact) mass is 288 g/mol. The van der Waals surface area contributed by atoms with Crippen molar-refractivity contribution in [1.29, 1.82) is 0 Å². The first-order valence-corrected chi connectivity index (χ1v) is 8.01. The molecule has 1 unspecified atom stereocenters. The quantitative estimate of drug-likeness (QED) is 0.810. The first kappa shape index (κ1) is 14.3. The summed E-state index contributed by atoms with van der Waals surface area (Å²) in [7, 11) is 0. The summed E-state index contributed by atoms with van der Waals surface area (Å²) in [5.41, 5.74) is 1.33. The van der Waals surface area contributed by atoms with Gasteiger partial charge in [-0.3, -0.25) is 0 Å². The average molecular weight is 288 g/mol. The molecule has 0 aliphatic heterocycles. The smallest absolute Gasteiger partial charge is 0.229 e. The zero-order valence-corrected chi connectivity index (χ0v) is 12.9. The molecule has 0 amide bonds. The molecular weight excluding hydrogens is 264 g/mol.